The van der Waals surface area contributed by atoms with Crippen LogP contribution in [0.2, 0.25) is 13.1 Å². The van der Waals surface area contributed by atoms with Gasteiger partial charge in [-0.15, -0.1) is 79.3 Å². The van der Waals surface area contributed by atoms with E-state index in [9.17, 15) is 0 Å². The Morgan fingerprint density at radius 2 is 1.11 bits per heavy atom. The molecular formula is C28H30Cl2N6SiZr. The Balaban J connectivity index is 0.000000175. The van der Waals surface area contributed by atoms with E-state index in [1.807, 2.05) is 26.5 Å². The van der Waals surface area contributed by atoms with Gasteiger partial charge in [0.05, 0.1) is 12.4 Å². The second-order valence-corrected chi connectivity index (χ2v) is 13.5. The molecule has 2 radical (unpaired) electrons. The summed E-state index contributed by atoms with van der Waals surface area (Å²) in [6.07, 6.45) is 3.88. The quantitative estimate of drug-likeness (QED) is 0.145. The topological polar surface area (TPSA) is 61.4 Å². The van der Waals surface area contributed by atoms with Crippen LogP contribution in [0.4, 0.5) is 0 Å². The normalized spacial score (nSPS) is 10.1. The Morgan fingerprint density at radius 1 is 0.737 bits per heavy atom. The summed E-state index contributed by atoms with van der Waals surface area (Å²) in [6.45, 7) is 8.53. The fourth-order valence-electron chi connectivity index (χ4n) is 4.16. The molecule has 4 aromatic carbocycles. The van der Waals surface area contributed by atoms with Crippen molar-refractivity contribution in [3.8, 4) is 22.5 Å². The number of aromatic nitrogens is 6. The summed E-state index contributed by atoms with van der Waals surface area (Å²) < 4.78 is 3.45. The van der Waals surface area contributed by atoms with Gasteiger partial charge in [0.25, 0.3) is 0 Å². The molecule has 10 heteroatoms. The third-order valence-corrected chi connectivity index (χ3v) is 5.55. The van der Waals surface area contributed by atoms with Crippen LogP contribution >= 0.6 is 17.0 Å². The number of benzene rings is 2. The maximum atomic E-state index is 4.93. The first-order valence-electron chi connectivity index (χ1n) is 11.9. The summed E-state index contributed by atoms with van der Waals surface area (Å²) in [5.41, 5.74) is 6.73. The number of nitrogens with zero attached hydrogens (tertiary/aromatic N) is 6. The second kappa shape index (κ2) is 14.7. The number of hydrogen-bond acceptors (Lipinski definition) is 4. The molecule has 2 heterocycles. The van der Waals surface area contributed by atoms with Gasteiger partial charge >= 0.3 is 37.9 Å². The zero-order valence-corrected chi connectivity index (χ0v) is 27.3. The Kier molecular flexibility index (Phi) is 11.7. The molecule has 0 aliphatic heterocycles. The zero-order valence-electron chi connectivity index (χ0n) is 22.4. The molecule has 0 spiro atoms. The molecule has 0 aliphatic carbocycles. The summed E-state index contributed by atoms with van der Waals surface area (Å²) in [4.78, 5) is 0. The monoisotopic (exact) mass is 638 g/mol. The van der Waals surface area contributed by atoms with Crippen molar-refractivity contribution in [2.24, 2.45) is 14.1 Å². The average molecular weight is 641 g/mol. The van der Waals surface area contributed by atoms with E-state index >= 15 is 0 Å². The van der Waals surface area contributed by atoms with E-state index in [1.165, 1.54) is 32.7 Å². The second-order valence-electron chi connectivity index (χ2n) is 8.81. The van der Waals surface area contributed by atoms with Gasteiger partial charge in [0.2, 0.25) is 0 Å². The van der Waals surface area contributed by atoms with Gasteiger partial charge in [0.15, 0.2) is 0 Å². The fourth-order valence-corrected chi connectivity index (χ4v) is 4.16. The van der Waals surface area contributed by atoms with Crippen molar-refractivity contribution in [3.63, 3.8) is 0 Å². The van der Waals surface area contributed by atoms with Gasteiger partial charge in [-0.2, -0.15) is 12.1 Å². The summed E-state index contributed by atoms with van der Waals surface area (Å²) in [6, 6.07) is 21.3. The SMILES string of the molecule is C[Si]C.Cc1cc2c(-c3cn(C)nn3)cccc2[cH-]1.Cc1cc2c(-c3cn(C)nn3)cccc2[cH-]1.[Cl][Zr+2][Cl]. The predicted molar refractivity (Wildman–Crippen MR) is 158 cm³/mol. The van der Waals surface area contributed by atoms with E-state index in [0.29, 0.717) is 0 Å². The molecule has 2 aromatic heterocycles. The van der Waals surface area contributed by atoms with Crippen molar-refractivity contribution in [1.29, 1.82) is 0 Å². The predicted octanol–water partition coefficient (Wildman–Crippen LogP) is 7.49. The molecule has 0 unspecified atom stereocenters. The summed E-state index contributed by atoms with van der Waals surface area (Å²) in [5, 5.41) is 21.3. The van der Waals surface area contributed by atoms with Crippen molar-refractivity contribution in [1.82, 2.24) is 30.0 Å². The first kappa shape index (κ1) is 30.2. The van der Waals surface area contributed by atoms with Crippen LogP contribution < -0.4 is 0 Å². The van der Waals surface area contributed by atoms with Crippen LogP contribution in [0.15, 0.2) is 73.1 Å². The third-order valence-electron chi connectivity index (χ3n) is 5.55. The molecule has 0 bridgehead atoms. The van der Waals surface area contributed by atoms with Gasteiger partial charge in [-0.25, -0.2) is 0 Å². The Bertz CT molecular complexity index is 1460. The molecule has 0 atom stereocenters. The summed E-state index contributed by atoms with van der Waals surface area (Å²) in [7, 11) is 14.7. The minimum absolute atomic E-state index is 0.826. The van der Waals surface area contributed by atoms with E-state index in [2.05, 4.69) is 108 Å². The van der Waals surface area contributed by atoms with Crippen LogP contribution in [0.5, 0.6) is 0 Å². The van der Waals surface area contributed by atoms with Crippen LogP contribution in [0.3, 0.4) is 0 Å². The molecule has 38 heavy (non-hydrogen) atoms. The van der Waals surface area contributed by atoms with E-state index in [0.717, 1.165) is 32.0 Å². The van der Waals surface area contributed by atoms with E-state index in [1.54, 1.807) is 9.36 Å². The fraction of sp³-hybridized carbons (Fsp3) is 0.214. The Labute approximate surface area is 245 Å². The van der Waals surface area contributed by atoms with Gasteiger partial charge in [0.1, 0.15) is 11.4 Å². The van der Waals surface area contributed by atoms with E-state index in [4.69, 9.17) is 17.0 Å². The maximum absolute atomic E-state index is 4.93. The molecule has 194 valence electrons. The standard InChI is InChI=1S/2C13H12N3.C2H6Si.2ClH.Zr/c2*1-9-6-10-4-3-5-11(12(10)7-9)13-8-16(2)15-14-13;1-3-2;;;/h2*3-8H,1-2H3;1-2H3;2*1H;/q2*-1;;;;+4/p-2. The first-order chi connectivity index (χ1) is 18.3. The van der Waals surface area contributed by atoms with Gasteiger partial charge < -0.3 is 0 Å². The van der Waals surface area contributed by atoms with Crippen molar-refractivity contribution in [3.05, 3.63) is 84.2 Å². The van der Waals surface area contributed by atoms with Crippen molar-refractivity contribution in [2.45, 2.75) is 26.9 Å². The van der Waals surface area contributed by atoms with Gasteiger partial charge in [0, 0.05) is 23.6 Å². The molecule has 0 aliphatic rings. The number of hydrogen-bond donors (Lipinski definition) is 0. The minimum atomic E-state index is -0.826. The van der Waals surface area contributed by atoms with Gasteiger partial charge in [-0.3, -0.25) is 9.36 Å². The van der Waals surface area contributed by atoms with Crippen LogP contribution in [-0.4, -0.2) is 39.5 Å². The van der Waals surface area contributed by atoms with Crippen molar-refractivity contribution < 1.29 is 20.8 Å². The molecule has 0 amide bonds. The molecule has 0 saturated heterocycles. The van der Waals surface area contributed by atoms with Crippen LogP contribution in [0.25, 0.3) is 44.1 Å². The number of rotatable bonds is 2. The molecule has 0 saturated carbocycles. The van der Waals surface area contributed by atoms with Gasteiger partial charge in [-0.1, -0.05) is 49.5 Å². The van der Waals surface area contributed by atoms with Gasteiger partial charge in [-0.05, 0) is 11.1 Å². The number of aryl methyl sites for hydroxylation is 4. The third kappa shape index (κ3) is 7.82. The van der Waals surface area contributed by atoms with Crippen LogP contribution in [0.1, 0.15) is 11.1 Å². The number of fused-ring (bicyclic) bond motifs is 2. The van der Waals surface area contributed by atoms with E-state index < -0.39 is 20.8 Å². The van der Waals surface area contributed by atoms with Crippen LogP contribution in [-0.2, 0) is 34.9 Å². The molecule has 6 rings (SSSR count). The summed E-state index contributed by atoms with van der Waals surface area (Å²) in [5.74, 6) is 0. The molecule has 6 aromatic rings. The molecular weight excluding hydrogens is 611 g/mol. The molecule has 0 fully saturated rings. The molecule has 0 N–H and O–H groups in total. The Morgan fingerprint density at radius 3 is 1.42 bits per heavy atom. The van der Waals surface area contributed by atoms with Crippen LogP contribution in [0, 0.1) is 13.8 Å². The van der Waals surface area contributed by atoms with Crippen molar-refractivity contribution in [2.75, 3.05) is 0 Å². The van der Waals surface area contributed by atoms with E-state index in [-0.39, 0.29) is 0 Å². The number of halogens is 2. The first-order valence-corrected chi connectivity index (χ1v) is 20.2. The molecule has 6 nitrogen and oxygen atoms in total. The Hall–Kier alpha value is -2.38. The zero-order chi connectivity index (χ0) is 27.7. The average Bonchev–Trinajstić information content (AvgIpc) is 3.66. The summed E-state index contributed by atoms with van der Waals surface area (Å²) >= 11 is -0.826. The van der Waals surface area contributed by atoms with Crippen molar-refractivity contribution >= 4 is 48.1 Å².